The van der Waals surface area contributed by atoms with Crippen LogP contribution < -0.4 is 0 Å². The summed E-state index contributed by atoms with van der Waals surface area (Å²) in [5, 5.41) is 0. The Balaban J connectivity index is 0.000000189. The van der Waals surface area contributed by atoms with E-state index in [1.165, 1.54) is 23.8 Å². The van der Waals surface area contributed by atoms with Crippen molar-refractivity contribution in [3.63, 3.8) is 0 Å². The number of carbonyl (C=O) groups excluding carboxylic acids is 2. The van der Waals surface area contributed by atoms with E-state index in [0.29, 0.717) is 12.2 Å². The lowest BCUT2D eigenvalue weighted by atomic mass is 9.98. The molecule has 176 valence electrons. The number of ether oxygens (including phenoxy) is 1. The summed E-state index contributed by atoms with van der Waals surface area (Å²) in [5.74, 6) is 0.392. The van der Waals surface area contributed by atoms with Crippen LogP contribution in [-0.4, -0.2) is 54.8 Å². The molecule has 5 nitrogen and oxygen atoms in total. The van der Waals surface area contributed by atoms with Gasteiger partial charge in [0.25, 0.3) is 0 Å². The van der Waals surface area contributed by atoms with E-state index in [9.17, 15) is 9.59 Å². The van der Waals surface area contributed by atoms with Gasteiger partial charge in [-0.2, -0.15) is 0 Å². The second-order valence-corrected chi connectivity index (χ2v) is 8.93. The zero-order valence-electron chi connectivity index (χ0n) is 19.9. The SMILES string of the molecule is CC1CN(Cc2ccccc2)CCC1=O.COC(=O)C=C1CCN(Cc2ccccc2)CC1. The topological polar surface area (TPSA) is 49.9 Å². The molecule has 2 fully saturated rings. The lowest BCUT2D eigenvalue weighted by Gasteiger charge is -2.29. The number of nitrogens with zero attached hydrogens (tertiary/aromatic N) is 2. The Morgan fingerprint density at radius 3 is 1.91 bits per heavy atom. The molecule has 2 saturated heterocycles. The van der Waals surface area contributed by atoms with Crippen LogP contribution in [0.15, 0.2) is 72.3 Å². The smallest absolute Gasteiger partial charge is 0.330 e. The van der Waals surface area contributed by atoms with Gasteiger partial charge < -0.3 is 4.74 Å². The minimum atomic E-state index is -0.235. The first kappa shape index (κ1) is 24.9. The Labute approximate surface area is 198 Å². The van der Waals surface area contributed by atoms with Gasteiger partial charge in [-0.1, -0.05) is 73.2 Å². The average Bonchev–Trinajstić information content (AvgIpc) is 2.84. The molecule has 33 heavy (non-hydrogen) atoms. The van der Waals surface area contributed by atoms with E-state index in [-0.39, 0.29) is 11.9 Å². The number of Topliss-reactive ketones (excluding diaryl/α,β-unsaturated/α-hetero) is 1. The summed E-state index contributed by atoms with van der Waals surface area (Å²) in [6, 6.07) is 20.9. The molecule has 4 rings (SSSR count). The third-order valence-corrected chi connectivity index (χ3v) is 6.28. The number of carbonyl (C=O) groups is 2. The van der Waals surface area contributed by atoms with Crippen LogP contribution in [0, 0.1) is 5.92 Å². The average molecular weight is 449 g/mol. The molecule has 2 aromatic carbocycles. The number of piperidine rings is 2. The van der Waals surface area contributed by atoms with Gasteiger partial charge in [0.1, 0.15) is 5.78 Å². The second-order valence-electron chi connectivity index (χ2n) is 8.93. The first-order valence-electron chi connectivity index (χ1n) is 11.9. The van der Waals surface area contributed by atoms with E-state index in [4.69, 9.17) is 0 Å². The van der Waals surface area contributed by atoms with Gasteiger partial charge in [-0.25, -0.2) is 4.79 Å². The van der Waals surface area contributed by atoms with Gasteiger partial charge in [-0.15, -0.1) is 0 Å². The van der Waals surface area contributed by atoms with Crippen molar-refractivity contribution in [1.29, 1.82) is 0 Å². The van der Waals surface area contributed by atoms with E-state index in [1.54, 1.807) is 6.08 Å². The monoisotopic (exact) mass is 448 g/mol. The normalized spacial score (nSPS) is 19.4. The van der Waals surface area contributed by atoms with Crippen molar-refractivity contribution >= 4 is 11.8 Å². The molecular weight excluding hydrogens is 412 g/mol. The lowest BCUT2D eigenvalue weighted by molar-refractivity contribution is -0.135. The van der Waals surface area contributed by atoms with Crippen LogP contribution >= 0.6 is 0 Å². The second kappa shape index (κ2) is 13.1. The van der Waals surface area contributed by atoms with E-state index in [2.05, 4.69) is 63.1 Å². The highest BCUT2D eigenvalue weighted by atomic mass is 16.5. The number of methoxy groups -OCH3 is 1. The Morgan fingerprint density at radius 1 is 0.879 bits per heavy atom. The number of likely N-dealkylation sites (tertiary alicyclic amines) is 2. The van der Waals surface area contributed by atoms with Crippen LogP contribution in [-0.2, 0) is 27.4 Å². The molecule has 0 radical (unpaired) electrons. The van der Waals surface area contributed by atoms with Crippen LogP contribution in [0.2, 0.25) is 0 Å². The van der Waals surface area contributed by atoms with Crippen molar-refractivity contribution in [2.75, 3.05) is 33.3 Å². The summed E-state index contributed by atoms with van der Waals surface area (Å²) in [5.41, 5.74) is 3.88. The molecule has 2 heterocycles. The van der Waals surface area contributed by atoms with Crippen molar-refractivity contribution < 1.29 is 14.3 Å². The standard InChI is InChI=1S/C15H19NO2.C13H17NO/c1-18-15(17)11-13-7-9-16(10-8-13)12-14-5-3-2-4-6-14;1-11-9-14(8-7-13(11)15)10-12-5-3-2-4-6-12/h2-6,11H,7-10,12H2,1H3;2-6,11H,7-10H2,1H3. The summed E-state index contributed by atoms with van der Waals surface area (Å²) >= 11 is 0. The Kier molecular flexibility index (Phi) is 9.85. The largest absolute Gasteiger partial charge is 0.466 e. The summed E-state index contributed by atoms with van der Waals surface area (Å²) < 4.78 is 4.65. The highest BCUT2D eigenvalue weighted by Crippen LogP contribution is 2.18. The summed E-state index contributed by atoms with van der Waals surface area (Å²) in [4.78, 5) is 27.3. The van der Waals surface area contributed by atoms with Gasteiger partial charge in [-0.05, 0) is 24.0 Å². The first-order chi connectivity index (χ1) is 16.0. The Morgan fingerprint density at radius 2 is 1.39 bits per heavy atom. The van der Waals surface area contributed by atoms with Crippen molar-refractivity contribution in [3.05, 3.63) is 83.4 Å². The van der Waals surface area contributed by atoms with Crippen LogP contribution in [0.3, 0.4) is 0 Å². The molecule has 1 atom stereocenters. The zero-order chi connectivity index (χ0) is 23.5. The molecule has 0 bridgehead atoms. The van der Waals surface area contributed by atoms with Crippen molar-refractivity contribution in [2.45, 2.75) is 39.3 Å². The fourth-order valence-corrected chi connectivity index (χ4v) is 4.29. The number of rotatable bonds is 5. The predicted molar refractivity (Wildman–Crippen MR) is 132 cm³/mol. The molecule has 0 aliphatic carbocycles. The fourth-order valence-electron chi connectivity index (χ4n) is 4.29. The minimum Gasteiger partial charge on any atom is -0.466 e. The highest BCUT2D eigenvalue weighted by molar-refractivity contribution is 5.82. The van der Waals surface area contributed by atoms with Crippen LogP contribution in [0.25, 0.3) is 0 Å². The van der Waals surface area contributed by atoms with Gasteiger partial charge in [-0.3, -0.25) is 14.6 Å². The van der Waals surface area contributed by atoms with E-state index < -0.39 is 0 Å². The number of hydrogen-bond donors (Lipinski definition) is 0. The summed E-state index contributed by atoms with van der Waals surface area (Å²) in [7, 11) is 1.42. The number of esters is 1. The van der Waals surface area contributed by atoms with Crippen molar-refractivity contribution in [3.8, 4) is 0 Å². The third-order valence-electron chi connectivity index (χ3n) is 6.28. The van der Waals surface area contributed by atoms with Crippen LogP contribution in [0.5, 0.6) is 0 Å². The number of hydrogen-bond acceptors (Lipinski definition) is 5. The fraction of sp³-hybridized carbons (Fsp3) is 0.429. The maximum atomic E-state index is 11.4. The predicted octanol–water partition coefficient (Wildman–Crippen LogP) is 4.48. The maximum absolute atomic E-state index is 11.4. The quantitative estimate of drug-likeness (QED) is 0.499. The molecule has 0 aromatic heterocycles. The highest BCUT2D eigenvalue weighted by Gasteiger charge is 2.23. The van der Waals surface area contributed by atoms with Crippen LogP contribution in [0.4, 0.5) is 0 Å². The van der Waals surface area contributed by atoms with Gasteiger partial charge >= 0.3 is 5.97 Å². The Bertz CT molecular complexity index is 901. The molecule has 2 aromatic rings. The molecule has 5 heteroatoms. The van der Waals surface area contributed by atoms with Crippen molar-refractivity contribution in [2.24, 2.45) is 5.92 Å². The summed E-state index contributed by atoms with van der Waals surface area (Å²) in [6.45, 7) is 7.84. The minimum absolute atomic E-state index is 0.211. The van der Waals surface area contributed by atoms with E-state index >= 15 is 0 Å². The van der Waals surface area contributed by atoms with Gasteiger partial charge in [0.2, 0.25) is 0 Å². The maximum Gasteiger partial charge on any atom is 0.330 e. The first-order valence-corrected chi connectivity index (χ1v) is 11.9. The summed E-state index contributed by atoms with van der Waals surface area (Å²) in [6.07, 6.45) is 4.28. The molecular formula is C28H36N2O3. The molecule has 0 N–H and O–H groups in total. The van der Waals surface area contributed by atoms with E-state index in [0.717, 1.165) is 52.1 Å². The molecule has 2 aliphatic heterocycles. The number of ketones is 1. The Hall–Kier alpha value is -2.76. The molecule has 0 saturated carbocycles. The molecule has 1 unspecified atom stereocenters. The van der Waals surface area contributed by atoms with E-state index in [1.807, 2.05) is 19.1 Å². The van der Waals surface area contributed by atoms with Gasteiger partial charge in [0.05, 0.1) is 7.11 Å². The van der Waals surface area contributed by atoms with Crippen molar-refractivity contribution in [1.82, 2.24) is 9.80 Å². The zero-order valence-corrected chi connectivity index (χ0v) is 19.9. The molecule has 0 spiro atoms. The third kappa shape index (κ3) is 8.60. The lowest BCUT2D eigenvalue weighted by Crippen LogP contribution is -2.38. The molecule has 2 aliphatic rings. The van der Waals surface area contributed by atoms with Gasteiger partial charge in [0.15, 0.2) is 0 Å². The number of benzene rings is 2. The molecule has 0 amide bonds. The van der Waals surface area contributed by atoms with Gasteiger partial charge in [0, 0.05) is 57.7 Å². The van der Waals surface area contributed by atoms with Crippen LogP contribution in [0.1, 0.15) is 37.3 Å².